The van der Waals surface area contributed by atoms with E-state index < -0.39 is 0 Å². The molecule has 0 aromatic rings. The number of rotatable bonds is 8. The molecule has 0 bridgehead atoms. The lowest BCUT2D eigenvalue weighted by atomic mass is 9.95. The van der Waals surface area contributed by atoms with E-state index in [-0.39, 0.29) is 0 Å². The highest BCUT2D eigenvalue weighted by Crippen LogP contribution is 2.15. The summed E-state index contributed by atoms with van der Waals surface area (Å²) in [6, 6.07) is 0. The Morgan fingerprint density at radius 2 is 2.12 bits per heavy atom. The van der Waals surface area contributed by atoms with Gasteiger partial charge < -0.3 is 10.6 Å². The lowest BCUT2D eigenvalue weighted by Gasteiger charge is -2.22. The molecule has 0 saturated carbocycles. The van der Waals surface area contributed by atoms with Gasteiger partial charge in [0.15, 0.2) is 0 Å². The number of piperidine rings is 1. The summed E-state index contributed by atoms with van der Waals surface area (Å²) in [6.07, 6.45) is 8.22. The van der Waals surface area contributed by atoms with Crippen LogP contribution in [0.5, 0.6) is 0 Å². The zero-order valence-electron chi connectivity index (χ0n) is 11.2. The standard InChI is InChI=1S/C14H30N2/c1-3-13(4-2)11-15-9-5-7-14-8-6-10-16-12-14/h13-16H,3-12H2,1-2H3. The van der Waals surface area contributed by atoms with Crippen LogP contribution in [0, 0.1) is 11.8 Å². The van der Waals surface area contributed by atoms with E-state index in [9.17, 15) is 0 Å². The van der Waals surface area contributed by atoms with Gasteiger partial charge in [0.05, 0.1) is 0 Å². The van der Waals surface area contributed by atoms with Gasteiger partial charge in [0.25, 0.3) is 0 Å². The molecule has 1 unspecified atom stereocenters. The third kappa shape index (κ3) is 5.86. The second-order valence-corrected chi connectivity index (χ2v) is 5.24. The number of hydrogen-bond donors (Lipinski definition) is 2. The lowest BCUT2D eigenvalue weighted by molar-refractivity contribution is 0.345. The van der Waals surface area contributed by atoms with Gasteiger partial charge in [-0.25, -0.2) is 0 Å². The topological polar surface area (TPSA) is 24.1 Å². The van der Waals surface area contributed by atoms with Crippen molar-refractivity contribution in [2.45, 2.75) is 52.4 Å². The molecule has 96 valence electrons. The summed E-state index contributed by atoms with van der Waals surface area (Å²) >= 11 is 0. The fraction of sp³-hybridized carbons (Fsp3) is 1.00. The minimum Gasteiger partial charge on any atom is -0.316 e. The molecule has 1 atom stereocenters. The molecule has 1 aliphatic heterocycles. The largest absolute Gasteiger partial charge is 0.316 e. The van der Waals surface area contributed by atoms with Gasteiger partial charge >= 0.3 is 0 Å². The van der Waals surface area contributed by atoms with Gasteiger partial charge in [-0.2, -0.15) is 0 Å². The molecular formula is C14H30N2. The van der Waals surface area contributed by atoms with Crippen molar-refractivity contribution in [1.82, 2.24) is 10.6 Å². The molecule has 1 heterocycles. The Morgan fingerprint density at radius 3 is 2.75 bits per heavy atom. The molecule has 1 fully saturated rings. The molecule has 16 heavy (non-hydrogen) atoms. The van der Waals surface area contributed by atoms with E-state index in [2.05, 4.69) is 24.5 Å². The molecule has 1 saturated heterocycles. The Balaban J connectivity index is 1.90. The number of hydrogen-bond acceptors (Lipinski definition) is 2. The fourth-order valence-corrected chi connectivity index (χ4v) is 2.57. The Kier molecular flexibility index (Phi) is 7.87. The minimum absolute atomic E-state index is 0.886. The van der Waals surface area contributed by atoms with Crippen molar-refractivity contribution in [3.63, 3.8) is 0 Å². The molecule has 0 aromatic heterocycles. The van der Waals surface area contributed by atoms with E-state index in [1.54, 1.807) is 0 Å². The Hall–Kier alpha value is -0.0800. The molecule has 0 amide bonds. The molecule has 2 nitrogen and oxygen atoms in total. The molecule has 2 heteroatoms. The maximum absolute atomic E-state index is 3.61. The van der Waals surface area contributed by atoms with Crippen molar-refractivity contribution in [2.75, 3.05) is 26.2 Å². The van der Waals surface area contributed by atoms with Crippen LogP contribution in [-0.2, 0) is 0 Å². The smallest absolute Gasteiger partial charge is 0.00205 e. The minimum atomic E-state index is 0.886. The van der Waals surface area contributed by atoms with Crippen LogP contribution in [0.4, 0.5) is 0 Å². The highest BCUT2D eigenvalue weighted by atomic mass is 14.9. The Bertz CT molecular complexity index is 149. The third-order valence-corrected chi connectivity index (χ3v) is 3.95. The van der Waals surface area contributed by atoms with E-state index >= 15 is 0 Å². The zero-order chi connectivity index (χ0) is 11.6. The second kappa shape index (κ2) is 9.00. The molecule has 1 rings (SSSR count). The maximum Gasteiger partial charge on any atom is -0.00205 e. The molecule has 1 aliphatic rings. The Morgan fingerprint density at radius 1 is 1.31 bits per heavy atom. The highest BCUT2D eigenvalue weighted by molar-refractivity contribution is 4.69. The van der Waals surface area contributed by atoms with Crippen LogP contribution < -0.4 is 10.6 Å². The quantitative estimate of drug-likeness (QED) is 0.622. The van der Waals surface area contributed by atoms with Crippen LogP contribution in [-0.4, -0.2) is 26.2 Å². The summed E-state index contributed by atoms with van der Waals surface area (Å²) in [6.45, 7) is 9.52. The average Bonchev–Trinajstić information content (AvgIpc) is 2.35. The van der Waals surface area contributed by atoms with Crippen LogP contribution in [0.2, 0.25) is 0 Å². The van der Waals surface area contributed by atoms with E-state index in [0.29, 0.717) is 0 Å². The molecule has 0 radical (unpaired) electrons. The van der Waals surface area contributed by atoms with E-state index in [0.717, 1.165) is 11.8 Å². The van der Waals surface area contributed by atoms with Gasteiger partial charge in [-0.1, -0.05) is 26.7 Å². The first kappa shape index (κ1) is 14.0. The first-order chi connectivity index (χ1) is 7.86. The zero-order valence-corrected chi connectivity index (χ0v) is 11.2. The van der Waals surface area contributed by atoms with Crippen LogP contribution >= 0.6 is 0 Å². The van der Waals surface area contributed by atoms with Crippen molar-refractivity contribution in [1.29, 1.82) is 0 Å². The molecule has 2 N–H and O–H groups in total. The third-order valence-electron chi connectivity index (χ3n) is 3.95. The van der Waals surface area contributed by atoms with Crippen molar-refractivity contribution in [3.05, 3.63) is 0 Å². The maximum atomic E-state index is 3.61. The number of nitrogens with one attached hydrogen (secondary N) is 2. The van der Waals surface area contributed by atoms with Crippen LogP contribution in [0.25, 0.3) is 0 Å². The van der Waals surface area contributed by atoms with E-state index in [1.165, 1.54) is 64.7 Å². The van der Waals surface area contributed by atoms with Crippen molar-refractivity contribution in [3.8, 4) is 0 Å². The van der Waals surface area contributed by atoms with E-state index in [1.807, 2.05) is 0 Å². The molecular weight excluding hydrogens is 196 g/mol. The molecule has 0 aromatic carbocycles. The molecule has 0 spiro atoms. The first-order valence-corrected chi connectivity index (χ1v) is 7.28. The predicted molar refractivity (Wildman–Crippen MR) is 71.8 cm³/mol. The summed E-state index contributed by atoms with van der Waals surface area (Å²) in [7, 11) is 0. The lowest BCUT2D eigenvalue weighted by Crippen LogP contribution is -2.30. The summed E-state index contributed by atoms with van der Waals surface area (Å²) in [5.41, 5.74) is 0. The van der Waals surface area contributed by atoms with Gasteiger partial charge in [0.2, 0.25) is 0 Å². The highest BCUT2D eigenvalue weighted by Gasteiger charge is 2.11. The van der Waals surface area contributed by atoms with Crippen molar-refractivity contribution >= 4 is 0 Å². The van der Waals surface area contributed by atoms with Crippen LogP contribution in [0.15, 0.2) is 0 Å². The summed E-state index contributed by atoms with van der Waals surface area (Å²) in [5.74, 6) is 1.83. The van der Waals surface area contributed by atoms with Crippen molar-refractivity contribution < 1.29 is 0 Å². The fourth-order valence-electron chi connectivity index (χ4n) is 2.57. The summed E-state index contributed by atoms with van der Waals surface area (Å²) < 4.78 is 0. The van der Waals surface area contributed by atoms with Crippen LogP contribution in [0.1, 0.15) is 52.4 Å². The normalized spacial score (nSPS) is 21.6. The van der Waals surface area contributed by atoms with Crippen molar-refractivity contribution in [2.24, 2.45) is 11.8 Å². The van der Waals surface area contributed by atoms with Gasteiger partial charge in [-0.15, -0.1) is 0 Å². The van der Waals surface area contributed by atoms with Crippen LogP contribution in [0.3, 0.4) is 0 Å². The summed E-state index contributed by atoms with van der Waals surface area (Å²) in [4.78, 5) is 0. The molecule has 0 aliphatic carbocycles. The monoisotopic (exact) mass is 226 g/mol. The predicted octanol–water partition coefficient (Wildman–Crippen LogP) is 2.79. The first-order valence-electron chi connectivity index (χ1n) is 7.28. The Labute approximate surface area is 102 Å². The van der Waals surface area contributed by atoms with E-state index in [4.69, 9.17) is 0 Å². The van der Waals surface area contributed by atoms with Gasteiger partial charge in [-0.3, -0.25) is 0 Å². The SMILES string of the molecule is CCC(CC)CNCCCC1CCCNC1. The second-order valence-electron chi connectivity index (χ2n) is 5.24. The van der Waals surface area contributed by atoms with Gasteiger partial charge in [0.1, 0.15) is 0 Å². The van der Waals surface area contributed by atoms with Gasteiger partial charge in [-0.05, 0) is 63.7 Å². The summed E-state index contributed by atoms with van der Waals surface area (Å²) in [5, 5.41) is 7.10. The van der Waals surface area contributed by atoms with Gasteiger partial charge in [0, 0.05) is 0 Å². The average molecular weight is 226 g/mol.